The van der Waals surface area contributed by atoms with Crippen molar-refractivity contribution in [2.45, 2.75) is 33.1 Å². The van der Waals surface area contributed by atoms with Crippen molar-refractivity contribution < 1.29 is 19.7 Å². The van der Waals surface area contributed by atoms with Crippen LogP contribution in [-0.4, -0.2) is 22.8 Å². The molecule has 0 spiro atoms. The van der Waals surface area contributed by atoms with Crippen molar-refractivity contribution in [2.24, 2.45) is 0 Å². The minimum atomic E-state index is -1.14. The van der Waals surface area contributed by atoms with Crippen LogP contribution in [0.5, 0.6) is 11.5 Å². The van der Waals surface area contributed by atoms with Crippen molar-refractivity contribution in [1.82, 2.24) is 0 Å². The third kappa shape index (κ3) is 2.70. The monoisotopic (exact) mass is 238 g/mol. The molecule has 0 saturated heterocycles. The summed E-state index contributed by atoms with van der Waals surface area (Å²) in [7, 11) is 0. The average Bonchev–Trinajstić information content (AvgIpc) is 2.15. The van der Waals surface area contributed by atoms with Gasteiger partial charge in [-0.25, -0.2) is 4.79 Å². The fraction of sp³-hybridized carbons (Fsp3) is 0.462. The summed E-state index contributed by atoms with van der Waals surface area (Å²) >= 11 is 0. The van der Waals surface area contributed by atoms with Crippen LogP contribution in [0.3, 0.4) is 0 Å². The van der Waals surface area contributed by atoms with Gasteiger partial charge in [0.05, 0.1) is 6.61 Å². The molecule has 4 heteroatoms. The Balaban J connectivity index is 3.48. The van der Waals surface area contributed by atoms with Crippen molar-refractivity contribution in [1.29, 1.82) is 0 Å². The van der Waals surface area contributed by atoms with E-state index in [4.69, 9.17) is 9.84 Å². The lowest BCUT2D eigenvalue weighted by molar-refractivity contribution is 0.0693. The average molecular weight is 238 g/mol. The maximum atomic E-state index is 11.0. The summed E-state index contributed by atoms with van der Waals surface area (Å²) < 4.78 is 5.43. The van der Waals surface area contributed by atoms with E-state index in [9.17, 15) is 9.90 Å². The van der Waals surface area contributed by atoms with E-state index in [0.29, 0.717) is 17.9 Å². The Labute approximate surface area is 101 Å². The molecule has 0 aromatic heterocycles. The molecule has 0 amide bonds. The van der Waals surface area contributed by atoms with Gasteiger partial charge < -0.3 is 14.9 Å². The Morgan fingerprint density at radius 2 is 1.94 bits per heavy atom. The van der Waals surface area contributed by atoms with Gasteiger partial charge >= 0.3 is 5.97 Å². The summed E-state index contributed by atoms with van der Waals surface area (Å²) in [5, 5.41) is 19.0. The second-order valence-corrected chi connectivity index (χ2v) is 4.82. The van der Waals surface area contributed by atoms with Gasteiger partial charge in [0.1, 0.15) is 17.1 Å². The maximum absolute atomic E-state index is 11.0. The SMILES string of the molecule is CCOc1ccc(C(=O)O)c(O)c1C(C)(C)C. The zero-order valence-corrected chi connectivity index (χ0v) is 10.6. The lowest BCUT2D eigenvalue weighted by Crippen LogP contribution is -2.15. The molecule has 17 heavy (non-hydrogen) atoms. The van der Waals surface area contributed by atoms with Gasteiger partial charge in [0, 0.05) is 5.56 Å². The van der Waals surface area contributed by atoms with E-state index in [1.165, 1.54) is 6.07 Å². The third-order valence-electron chi connectivity index (χ3n) is 2.42. The number of hydrogen-bond donors (Lipinski definition) is 2. The van der Waals surface area contributed by atoms with E-state index in [0.717, 1.165) is 0 Å². The van der Waals surface area contributed by atoms with Gasteiger partial charge in [-0.1, -0.05) is 20.8 Å². The smallest absolute Gasteiger partial charge is 0.339 e. The molecule has 1 rings (SSSR count). The molecular weight excluding hydrogens is 220 g/mol. The molecule has 0 atom stereocenters. The zero-order valence-electron chi connectivity index (χ0n) is 10.6. The van der Waals surface area contributed by atoms with E-state index < -0.39 is 5.97 Å². The Bertz CT molecular complexity index is 430. The molecule has 0 bridgehead atoms. The third-order valence-corrected chi connectivity index (χ3v) is 2.42. The Morgan fingerprint density at radius 3 is 2.35 bits per heavy atom. The van der Waals surface area contributed by atoms with E-state index in [1.807, 2.05) is 27.7 Å². The first-order valence-corrected chi connectivity index (χ1v) is 5.51. The Kier molecular flexibility index (Phi) is 3.66. The van der Waals surface area contributed by atoms with E-state index in [2.05, 4.69) is 0 Å². The van der Waals surface area contributed by atoms with Crippen LogP contribution >= 0.6 is 0 Å². The van der Waals surface area contributed by atoms with Crippen LogP contribution in [0.25, 0.3) is 0 Å². The minimum absolute atomic E-state index is 0.0987. The second kappa shape index (κ2) is 4.65. The molecular formula is C13H18O4. The predicted molar refractivity (Wildman–Crippen MR) is 64.9 cm³/mol. The van der Waals surface area contributed by atoms with Gasteiger partial charge in [-0.15, -0.1) is 0 Å². The van der Waals surface area contributed by atoms with Crippen molar-refractivity contribution in [2.75, 3.05) is 6.61 Å². The number of aromatic hydroxyl groups is 1. The van der Waals surface area contributed by atoms with Gasteiger partial charge in [0.2, 0.25) is 0 Å². The molecule has 0 fully saturated rings. The number of carboxylic acid groups (broad SMARTS) is 1. The van der Waals surface area contributed by atoms with E-state index in [1.54, 1.807) is 6.07 Å². The van der Waals surface area contributed by atoms with Crippen molar-refractivity contribution in [3.63, 3.8) is 0 Å². The highest BCUT2D eigenvalue weighted by molar-refractivity contribution is 5.92. The summed E-state index contributed by atoms with van der Waals surface area (Å²) in [6, 6.07) is 2.95. The van der Waals surface area contributed by atoms with Crippen LogP contribution in [0, 0.1) is 0 Å². The topological polar surface area (TPSA) is 66.8 Å². The molecule has 0 radical (unpaired) electrons. The number of benzene rings is 1. The van der Waals surface area contributed by atoms with E-state index >= 15 is 0 Å². The number of rotatable bonds is 3. The molecule has 0 aliphatic carbocycles. The first kappa shape index (κ1) is 13.4. The Hall–Kier alpha value is -1.71. The molecule has 1 aromatic carbocycles. The van der Waals surface area contributed by atoms with Crippen LogP contribution in [0.1, 0.15) is 43.6 Å². The predicted octanol–water partition coefficient (Wildman–Crippen LogP) is 2.79. The maximum Gasteiger partial charge on any atom is 0.339 e. The van der Waals surface area contributed by atoms with Crippen LogP contribution in [-0.2, 0) is 5.41 Å². The van der Waals surface area contributed by atoms with Crippen LogP contribution in [0.4, 0.5) is 0 Å². The molecule has 2 N–H and O–H groups in total. The lowest BCUT2D eigenvalue weighted by atomic mass is 9.84. The zero-order chi connectivity index (χ0) is 13.2. The van der Waals surface area contributed by atoms with Gasteiger partial charge in [-0.3, -0.25) is 0 Å². The number of hydrogen-bond acceptors (Lipinski definition) is 3. The normalized spacial score (nSPS) is 11.3. The number of carboxylic acids is 1. The number of ether oxygens (including phenoxy) is 1. The van der Waals surface area contributed by atoms with E-state index in [-0.39, 0.29) is 16.7 Å². The molecule has 0 heterocycles. The standard InChI is InChI=1S/C13H18O4/c1-5-17-9-7-6-8(12(15)16)11(14)10(9)13(2,3)4/h6-7,14H,5H2,1-4H3,(H,15,16). The van der Waals surface area contributed by atoms with Crippen LogP contribution < -0.4 is 4.74 Å². The molecule has 0 saturated carbocycles. The molecule has 4 nitrogen and oxygen atoms in total. The van der Waals surface area contributed by atoms with Crippen LogP contribution in [0.2, 0.25) is 0 Å². The quantitative estimate of drug-likeness (QED) is 0.849. The largest absolute Gasteiger partial charge is 0.507 e. The van der Waals surface area contributed by atoms with Gasteiger partial charge in [0.25, 0.3) is 0 Å². The summed E-state index contributed by atoms with van der Waals surface area (Å²) in [6.45, 7) is 8.01. The van der Waals surface area contributed by atoms with Crippen molar-refractivity contribution in [3.8, 4) is 11.5 Å². The molecule has 0 aliphatic heterocycles. The minimum Gasteiger partial charge on any atom is -0.507 e. The van der Waals surface area contributed by atoms with Crippen molar-refractivity contribution in [3.05, 3.63) is 23.3 Å². The summed E-state index contributed by atoms with van der Waals surface area (Å²) in [5.74, 6) is -0.825. The summed E-state index contributed by atoms with van der Waals surface area (Å²) in [6.07, 6.45) is 0. The highest BCUT2D eigenvalue weighted by Gasteiger charge is 2.26. The lowest BCUT2D eigenvalue weighted by Gasteiger charge is -2.24. The molecule has 94 valence electrons. The second-order valence-electron chi connectivity index (χ2n) is 4.82. The highest BCUT2D eigenvalue weighted by atomic mass is 16.5. The molecule has 0 aliphatic rings. The van der Waals surface area contributed by atoms with Gasteiger partial charge in [0.15, 0.2) is 0 Å². The first-order chi connectivity index (χ1) is 7.79. The fourth-order valence-corrected chi connectivity index (χ4v) is 1.75. The van der Waals surface area contributed by atoms with Crippen LogP contribution in [0.15, 0.2) is 12.1 Å². The molecule has 0 unspecified atom stereocenters. The number of phenols is 1. The number of aromatic carboxylic acids is 1. The van der Waals surface area contributed by atoms with Crippen molar-refractivity contribution >= 4 is 5.97 Å². The molecule has 1 aromatic rings. The van der Waals surface area contributed by atoms with Gasteiger partial charge in [-0.2, -0.15) is 0 Å². The van der Waals surface area contributed by atoms with Gasteiger partial charge in [-0.05, 0) is 24.5 Å². The highest BCUT2D eigenvalue weighted by Crippen LogP contribution is 2.40. The summed E-state index contributed by atoms with van der Waals surface area (Å²) in [4.78, 5) is 11.0. The Morgan fingerprint density at radius 1 is 1.35 bits per heavy atom. The fourth-order valence-electron chi connectivity index (χ4n) is 1.75. The summed E-state index contributed by atoms with van der Waals surface area (Å²) in [5.41, 5.74) is 0.0395. The first-order valence-electron chi connectivity index (χ1n) is 5.51. The number of carbonyl (C=O) groups is 1.